The van der Waals surface area contributed by atoms with E-state index in [4.69, 9.17) is 17.0 Å². The highest BCUT2D eigenvalue weighted by Crippen LogP contribution is 2.11. The molecular formula is C13H20N3OS+. The van der Waals surface area contributed by atoms with Gasteiger partial charge in [-0.25, -0.2) is 0 Å². The molecule has 0 heterocycles. The van der Waals surface area contributed by atoms with Gasteiger partial charge in [-0.05, 0) is 42.9 Å². The van der Waals surface area contributed by atoms with Crippen molar-refractivity contribution in [3.8, 4) is 5.75 Å². The van der Waals surface area contributed by atoms with E-state index in [2.05, 4.69) is 22.8 Å². The van der Waals surface area contributed by atoms with Crippen LogP contribution in [-0.4, -0.2) is 25.0 Å². The summed E-state index contributed by atoms with van der Waals surface area (Å²) in [5.41, 5.74) is 3.87. The second-order valence-electron chi connectivity index (χ2n) is 3.76. The van der Waals surface area contributed by atoms with Gasteiger partial charge in [0.25, 0.3) is 0 Å². The van der Waals surface area contributed by atoms with Crippen LogP contribution in [0.2, 0.25) is 0 Å². The highest BCUT2D eigenvalue weighted by molar-refractivity contribution is 7.80. The molecule has 0 radical (unpaired) electrons. The largest absolute Gasteiger partial charge is 0.494 e. The molecule has 18 heavy (non-hydrogen) atoms. The van der Waals surface area contributed by atoms with Gasteiger partial charge in [-0.15, -0.1) is 10.5 Å². The van der Waals surface area contributed by atoms with Gasteiger partial charge in [0.2, 0.25) is 5.11 Å². The lowest BCUT2D eigenvalue weighted by Crippen LogP contribution is -2.82. The lowest BCUT2D eigenvalue weighted by atomic mass is 10.2. The van der Waals surface area contributed by atoms with E-state index in [1.807, 2.05) is 30.5 Å². The number of ether oxygens (including phenoxy) is 1. The van der Waals surface area contributed by atoms with Crippen LogP contribution < -0.4 is 20.6 Å². The molecule has 5 heteroatoms. The predicted molar refractivity (Wildman–Crippen MR) is 77.8 cm³/mol. The van der Waals surface area contributed by atoms with Crippen LogP contribution in [0.25, 0.3) is 0 Å². The van der Waals surface area contributed by atoms with E-state index >= 15 is 0 Å². The number of thiocarbonyl (C=S) groups is 1. The van der Waals surface area contributed by atoms with Crippen LogP contribution in [-0.2, 0) is 0 Å². The van der Waals surface area contributed by atoms with Gasteiger partial charge in [0.05, 0.1) is 6.61 Å². The van der Waals surface area contributed by atoms with E-state index in [0.717, 1.165) is 30.8 Å². The second-order valence-corrected chi connectivity index (χ2v) is 4.17. The fraction of sp³-hybridized carbons (Fsp3) is 0.385. The zero-order valence-corrected chi connectivity index (χ0v) is 11.6. The Balaban J connectivity index is 2.42. The van der Waals surface area contributed by atoms with Crippen molar-refractivity contribution in [3.05, 3.63) is 29.8 Å². The van der Waals surface area contributed by atoms with Crippen LogP contribution in [0.15, 0.2) is 24.3 Å². The summed E-state index contributed by atoms with van der Waals surface area (Å²) in [6.45, 7) is 2.92. The van der Waals surface area contributed by atoms with Gasteiger partial charge in [0, 0.05) is 12.6 Å². The number of hydrogen-bond donors (Lipinski definition) is 3. The van der Waals surface area contributed by atoms with Gasteiger partial charge in [-0.3, -0.25) is 0 Å². The minimum atomic E-state index is 0.547. The molecule has 1 aromatic carbocycles. The number of hydrazine groups is 1. The molecule has 0 aliphatic rings. The molecule has 0 spiro atoms. The normalized spacial score (nSPS) is 10.3. The first kappa shape index (κ1) is 14.4. The van der Waals surface area contributed by atoms with Gasteiger partial charge >= 0.3 is 0 Å². The molecule has 0 atom stereocenters. The summed E-state index contributed by atoms with van der Waals surface area (Å²) in [4.78, 5) is 0. The molecule has 0 bridgehead atoms. The summed E-state index contributed by atoms with van der Waals surface area (Å²) in [5.74, 6) is 0.902. The molecule has 0 aliphatic carbocycles. The third-order valence-electron chi connectivity index (χ3n) is 2.30. The van der Waals surface area contributed by atoms with E-state index in [1.54, 1.807) is 7.05 Å². The Kier molecular flexibility index (Phi) is 6.79. The Bertz CT molecular complexity index is 390. The van der Waals surface area contributed by atoms with Crippen molar-refractivity contribution in [3.63, 3.8) is 0 Å². The number of hydrogen-bond acceptors (Lipinski definition) is 2. The number of nitrogens with one attached hydrogen (secondary N) is 3. The molecule has 0 aliphatic heterocycles. The van der Waals surface area contributed by atoms with Crippen LogP contribution in [0, 0.1) is 0 Å². The fourth-order valence-corrected chi connectivity index (χ4v) is 1.30. The quantitative estimate of drug-likeness (QED) is 0.301. The van der Waals surface area contributed by atoms with E-state index in [0.29, 0.717) is 5.11 Å². The maximum atomic E-state index is 5.58. The van der Waals surface area contributed by atoms with E-state index in [1.165, 1.54) is 0 Å². The maximum absolute atomic E-state index is 5.58. The Morgan fingerprint density at radius 3 is 2.72 bits per heavy atom. The monoisotopic (exact) mass is 266 g/mol. The van der Waals surface area contributed by atoms with E-state index in [9.17, 15) is 0 Å². The van der Waals surface area contributed by atoms with Crippen molar-refractivity contribution >= 4 is 23.5 Å². The Morgan fingerprint density at radius 1 is 1.39 bits per heavy atom. The smallest absolute Gasteiger partial charge is 0.223 e. The van der Waals surface area contributed by atoms with Crippen LogP contribution in [0.3, 0.4) is 0 Å². The minimum Gasteiger partial charge on any atom is -0.494 e. The molecule has 0 saturated carbocycles. The highest BCUT2D eigenvalue weighted by Gasteiger charge is 1.96. The maximum Gasteiger partial charge on any atom is 0.223 e. The van der Waals surface area contributed by atoms with Crippen molar-refractivity contribution in [2.75, 3.05) is 13.7 Å². The predicted octanol–water partition coefficient (Wildman–Crippen LogP) is 0.374. The van der Waals surface area contributed by atoms with Gasteiger partial charge in [-0.1, -0.05) is 13.3 Å². The van der Waals surface area contributed by atoms with Gasteiger partial charge < -0.3 is 10.1 Å². The average molecular weight is 266 g/mol. The Hall–Kier alpha value is -1.62. The lowest BCUT2D eigenvalue weighted by Gasteiger charge is -2.04. The third kappa shape index (κ3) is 5.63. The zero-order chi connectivity index (χ0) is 13.2. The molecular weight excluding hydrogens is 246 g/mol. The highest BCUT2D eigenvalue weighted by atomic mass is 32.1. The molecule has 0 fully saturated rings. The summed E-state index contributed by atoms with van der Waals surface area (Å²) >= 11 is 4.93. The molecule has 0 aromatic heterocycles. The minimum absolute atomic E-state index is 0.547. The van der Waals surface area contributed by atoms with Crippen molar-refractivity contribution in [2.24, 2.45) is 0 Å². The Morgan fingerprint density at radius 2 is 2.11 bits per heavy atom. The first-order valence-electron chi connectivity index (χ1n) is 6.05. The molecule has 98 valence electrons. The van der Waals surface area contributed by atoms with Crippen LogP contribution in [0.4, 0.5) is 0 Å². The molecule has 1 rings (SSSR count). The molecule has 4 nitrogen and oxygen atoms in total. The number of unbranched alkanes of at least 4 members (excludes halogenated alkanes) is 1. The standard InChI is InChI=1S/C13H19N3OS/c1-3-4-9-17-12-7-5-11(6-8-12)10-15-16-13(18)14-2/h5-8,10H,3-4,9H2,1-2H3,(H2,14,16,18)/p+1. The van der Waals surface area contributed by atoms with Crippen molar-refractivity contribution in [1.29, 1.82) is 0 Å². The van der Waals surface area contributed by atoms with Crippen LogP contribution >= 0.6 is 12.2 Å². The molecule has 0 amide bonds. The summed E-state index contributed by atoms with van der Waals surface area (Å²) in [7, 11) is 1.76. The Labute approximate surface area is 113 Å². The lowest BCUT2D eigenvalue weighted by molar-refractivity contribution is -0.500. The summed E-state index contributed by atoms with van der Waals surface area (Å²) < 4.78 is 5.58. The number of benzene rings is 1. The molecule has 0 unspecified atom stereocenters. The van der Waals surface area contributed by atoms with Crippen molar-refractivity contribution in [1.82, 2.24) is 10.7 Å². The second kappa shape index (κ2) is 8.47. The molecule has 3 N–H and O–H groups in total. The van der Waals surface area contributed by atoms with Gasteiger partial charge in [0.15, 0.2) is 6.21 Å². The summed E-state index contributed by atoms with van der Waals surface area (Å²) in [6.07, 6.45) is 4.06. The van der Waals surface area contributed by atoms with Gasteiger partial charge in [0.1, 0.15) is 5.75 Å². The van der Waals surface area contributed by atoms with E-state index < -0.39 is 0 Å². The first-order chi connectivity index (χ1) is 8.76. The number of rotatable bonds is 6. The van der Waals surface area contributed by atoms with E-state index in [-0.39, 0.29) is 0 Å². The third-order valence-corrected chi connectivity index (χ3v) is 2.60. The fourth-order valence-electron chi connectivity index (χ4n) is 1.24. The topological polar surface area (TPSA) is 47.3 Å². The van der Waals surface area contributed by atoms with Crippen molar-refractivity contribution in [2.45, 2.75) is 19.8 Å². The molecule has 1 aromatic rings. The van der Waals surface area contributed by atoms with Crippen LogP contribution in [0.5, 0.6) is 5.75 Å². The first-order valence-corrected chi connectivity index (χ1v) is 6.46. The SMILES string of the molecule is CCCCOc1ccc(C=[NH+]NC(=S)NC)cc1. The zero-order valence-electron chi connectivity index (χ0n) is 10.8. The number of hydrazone groups is 1. The average Bonchev–Trinajstić information content (AvgIpc) is 2.40. The molecule has 0 saturated heterocycles. The summed E-state index contributed by atoms with van der Waals surface area (Å²) in [5, 5.41) is 6.26. The van der Waals surface area contributed by atoms with Crippen molar-refractivity contribution < 1.29 is 9.84 Å². The summed E-state index contributed by atoms with van der Waals surface area (Å²) in [6, 6.07) is 7.88. The van der Waals surface area contributed by atoms with Crippen LogP contribution in [0.1, 0.15) is 25.3 Å². The van der Waals surface area contributed by atoms with Gasteiger partial charge in [-0.2, -0.15) is 0 Å².